The van der Waals surface area contributed by atoms with Crippen LogP contribution in [-0.2, 0) is 10.2 Å². The molecule has 3 aromatic carbocycles. The number of amides is 2. The van der Waals surface area contributed by atoms with Crippen LogP contribution in [0, 0.1) is 0 Å². The van der Waals surface area contributed by atoms with E-state index >= 15 is 0 Å². The van der Waals surface area contributed by atoms with E-state index in [-0.39, 0.29) is 17.7 Å². The molecular formula is C29H27N5O2. The SMILES string of the molecule is CN1CCN(C(=O)c2ccc(-c3n[nH]c4cc(C5C[C@@]56C(=O)Nc5ccccc56)ccc34)cc2)CC1. The zero-order chi connectivity index (χ0) is 24.4. The van der Waals surface area contributed by atoms with Gasteiger partial charge < -0.3 is 15.1 Å². The normalized spacial score (nSPS) is 23.2. The number of benzene rings is 3. The van der Waals surface area contributed by atoms with Crippen molar-refractivity contribution < 1.29 is 9.59 Å². The van der Waals surface area contributed by atoms with Crippen LogP contribution in [0.5, 0.6) is 0 Å². The van der Waals surface area contributed by atoms with Gasteiger partial charge in [0.05, 0.1) is 16.6 Å². The average Bonchev–Trinajstić information content (AvgIpc) is 3.43. The van der Waals surface area contributed by atoms with Crippen molar-refractivity contribution in [3.05, 3.63) is 83.4 Å². The Bertz CT molecular complexity index is 1520. The Morgan fingerprint density at radius 1 is 1.00 bits per heavy atom. The van der Waals surface area contributed by atoms with Gasteiger partial charge in [0.25, 0.3) is 5.91 Å². The van der Waals surface area contributed by atoms with Crippen LogP contribution in [0.3, 0.4) is 0 Å². The van der Waals surface area contributed by atoms with Crippen LogP contribution in [0.15, 0.2) is 66.7 Å². The number of carbonyl (C=O) groups excluding carboxylic acids is 2. The first kappa shape index (κ1) is 21.3. The number of likely N-dealkylation sites (N-methyl/N-ethyl adjacent to an activating group) is 1. The van der Waals surface area contributed by atoms with Crippen molar-refractivity contribution >= 4 is 28.4 Å². The van der Waals surface area contributed by atoms with E-state index in [4.69, 9.17) is 0 Å². The molecule has 2 aliphatic heterocycles. The molecule has 3 heterocycles. The van der Waals surface area contributed by atoms with Gasteiger partial charge in [-0.05, 0) is 48.9 Å². The number of nitrogens with zero attached hydrogens (tertiary/aromatic N) is 3. The summed E-state index contributed by atoms with van der Waals surface area (Å²) in [5.41, 5.74) is 6.24. The van der Waals surface area contributed by atoms with Crippen molar-refractivity contribution in [1.29, 1.82) is 0 Å². The molecule has 2 fully saturated rings. The van der Waals surface area contributed by atoms with Crippen molar-refractivity contribution in [1.82, 2.24) is 20.0 Å². The fourth-order valence-corrected chi connectivity index (χ4v) is 5.99. The van der Waals surface area contributed by atoms with Crippen LogP contribution < -0.4 is 5.32 Å². The summed E-state index contributed by atoms with van der Waals surface area (Å²) in [4.78, 5) is 29.9. The monoisotopic (exact) mass is 477 g/mol. The first-order valence-corrected chi connectivity index (χ1v) is 12.5. The molecule has 2 atom stereocenters. The largest absolute Gasteiger partial charge is 0.336 e. The van der Waals surface area contributed by atoms with Crippen LogP contribution in [0.4, 0.5) is 5.69 Å². The van der Waals surface area contributed by atoms with Gasteiger partial charge in [0.15, 0.2) is 0 Å². The summed E-state index contributed by atoms with van der Waals surface area (Å²) in [5, 5.41) is 11.9. The summed E-state index contributed by atoms with van der Waals surface area (Å²) in [6.45, 7) is 3.34. The fourth-order valence-electron chi connectivity index (χ4n) is 5.99. The molecule has 1 saturated heterocycles. The maximum absolute atomic E-state index is 12.9. The van der Waals surface area contributed by atoms with E-state index < -0.39 is 5.41 Å². The summed E-state index contributed by atoms with van der Waals surface area (Å²) in [6, 6.07) is 22.1. The molecular weight excluding hydrogens is 450 g/mol. The Kier molecular flexibility index (Phi) is 4.60. The molecule has 7 rings (SSSR count). The van der Waals surface area contributed by atoms with Gasteiger partial charge in [-0.25, -0.2) is 0 Å². The number of hydrogen-bond donors (Lipinski definition) is 2. The lowest BCUT2D eigenvalue weighted by Gasteiger charge is -2.32. The third-order valence-electron chi connectivity index (χ3n) is 8.21. The Balaban J connectivity index is 1.14. The quantitative estimate of drug-likeness (QED) is 0.468. The van der Waals surface area contributed by atoms with Gasteiger partial charge in [0, 0.05) is 54.3 Å². The molecule has 3 aliphatic rings. The molecule has 1 aliphatic carbocycles. The number of rotatable bonds is 3. The lowest BCUT2D eigenvalue weighted by molar-refractivity contribution is -0.118. The number of piperazine rings is 1. The standard InChI is InChI=1S/C29H27N5O2/c1-33-12-14-34(15-13-33)27(35)19-8-6-18(7-9-19)26-21-11-10-20(16-25(21)31-32-26)23-17-29(23)22-4-2-3-5-24(22)30-28(29)36/h2-11,16,23H,12-15,17H2,1H3,(H,30,36)(H,31,32)/t23?,29-/m0/s1. The van der Waals surface area contributed by atoms with E-state index in [9.17, 15) is 9.59 Å². The minimum Gasteiger partial charge on any atom is -0.336 e. The predicted octanol–water partition coefficient (Wildman–Crippen LogP) is 3.99. The van der Waals surface area contributed by atoms with Gasteiger partial charge >= 0.3 is 0 Å². The summed E-state index contributed by atoms with van der Waals surface area (Å²) in [7, 11) is 2.08. The number of carbonyl (C=O) groups is 2. The van der Waals surface area contributed by atoms with Crippen LogP contribution in [0.2, 0.25) is 0 Å². The highest BCUT2D eigenvalue weighted by atomic mass is 16.2. The van der Waals surface area contributed by atoms with Crippen molar-refractivity contribution in [2.24, 2.45) is 0 Å². The van der Waals surface area contributed by atoms with E-state index in [1.54, 1.807) is 0 Å². The number of para-hydroxylation sites is 1. The van der Waals surface area contributed by atoms with E-state index in [2.05, 4.69) is 51.7 Å². The number of fused-ring (bicyclic) bond motifs is 3. The summed E-state index contributed by atoms with van der Waals surface area (Å²) >= 11 is 0. The van der Waals surface area contributed by atoms with Crippen molar-refractivity contribution in [2.75, 3.05) is 38.5 Å². The second-order valence-electron chi connectivity index (χ2n) is 10.3. The molecule has 0 bridgehead atoms. The van der Waals surface area contributed by atoms with Gasteiger partial charge in [-0.15, -0.1) is 0 Å². The van der Waals surface area contributed by atoms with Gasteiger partial charge in [0.2, 0.25) is 5.91 Å². The number of nitrogens with one attached hydrogen (secondary N) is 2. The zero-order valence-corrected chi connectivity index (χ0v) is 20.1. The number of anilines is 1. The van der Waals surface area contributed by atoms with Gasteiger partial charge in [0.1, 0.15) is 0 Å². The van der Waals surface area contributed by atoms with E-state index in [0.717, 1.165) is 71.6 Å². The topological polar surface area (TPSA) is 81.3 Å². The van der Waals surface area contributed by atoms with Gasteiger partial charge in [-0.3, -0.25) is 14.7 Å². The smallest absolute Gasteiger partial charge is 0.253 e. The van der Waals surface area contributed by atoms with E-state index in [1.807, 2.05) is 47.4 Å². The second kappa shape index (κ2) is 7.77. The highest BCUT2D eigenvalue weighted by molar-refractivity contribution is 6.10. The molecule has 1 unspecified atom stereocenters. The first-order valence-electron chi connectivity index (χ1n) is 12.5. The zero-order valence-electron chi connectivity index (χ0n) is 20.1. The van der Waals surface area contributed by atoms with E-state index in [0.29, 0.717) is 5.56 Å². The molecule has 7 nitrogen and oxygen atoms in total. The van der Waals surface area contributed by atoms with Crippen molar-refractivity contribution in [2.45, 2.75) is 17.8 Å². The first-order chi connectivity index (χ1) is 17.5. The molecule has 36 heavy (non-hydrogen) atoms. The molecule has 1 saturated carbocycles. The third kappa shape index (κ3) is 3.12. The molecule has 1 aromatic heterocycles. The Labute approximate surface area is 209 Å². The predicted molar refractivity (Wildman–Crippen MR) is 139 cm³/mol. The molecule has 2 N–H and O–H groups in total. The fraction of sp³-hybridized carbons (Fsp3) is 0.276. The van der Waals surface area contributed by atoms with Gasteiger partial charge in [-0.2, -0.15) is 5.10 Å². The molecule has 180 valence electrons. The third-order valence-corrected chi connectivity index (χ3v) is 8.21. The maximum atomic E-state index is 12.9. The average molecular weight is 478 g/mol. The van der Waals surface area contributed by atoms with Crippen LogP contribution in [0.25, 0.3) is 22.2 Å². The molecule has 2 amide bonds. The van der Waals surface area contributed by atoms with Crippen LogP contribution >= 0.6 is 0 Å². The number of H-pyrrole nitrogens is 1. The molecule has 0 radical (unpaired) electrons. The minimum atomic E-state index is -0.445. The number of aromatic amines is 1. The van der Waals surface area contributed by atoms with Crippen LogP contribution in [-0.4, -0.2) is 65.0 Å². The van der Waals surface area contributed by atoms with Gasteiger partial charge in [-0.1, -0.05) is 42.5 Å². The Morgan fingerprint density at radius 2 is 1.78 bits per heavy atom. The van der Waals surface area contributed by atoms with Crippen molar-refractivity contribution in [3.8, 4) is 11.3 Å². The highest BCUT2D eigenvalue weighted by Crippen LogP contribution is 2.65. The van der Waals surface area contributed by atoms with E-state index in [1.165, 1.54) is 0 Å². The lowest BCUT2D eigenvalue weighted by Crippen LogP contribution is -2.47. The maximum Gasteiger partial charge on any atom is 0.253 e. The summed E-state index contributed by atoms with van der Waals surface area (Å²) in [6.07, 6.45) is 0.825. The molecule has 1 spiro atoms. The number of aromatic nitrogens is 2. The highest BCUT2D eigenvalue weighted by Gasteiger charge is 2.65. The number of hydrogen-bond acceptors (Lipinski definition) is 4. The lowest BCUT2D eigenvalue weighted by atomic mass is 9.91. The Hall–Kier alpha value is -3.97. The summed E-state index contributed by atoms with van der Waals surface area (Å²) < 4.78 is 0. The second-order valence-corrected chi connectivity index (χ2v) is 10.3. The Morgan fingerprint density at radius 3 is 2.58 bits per heavy atom. The molecule has 7 heteroatoms. The summed E-state index contributed by atoms with van der Waals surface area (Å²) in [5.74, 6) is 0.351. The van der Waals surface area contributed by atoms with Crippen molar-refractivity contribution in [3.63, 3.8) is 0 Å². The molecule has 4 aromatic rings. The minimum absolute atomic E-state index is 0.0852. The van der Waals surface area contributed by atoms with Crippen LogP contribution in [0.1, 0.15) is 33.8 Å².